The van der Waals surface area contributed by atoms with Gasteiger partial charge >= 0.3 is 0 Å². The van der Waals surface area contributed by atoms with Crippen molar-refractivity contribution in [3.63, 3.8) is 0 Å². The van der Waals surface area contributed by atoms with Crippen LogP contribution in [0.1, 0.15) is 22.3 Å². The third-order valence-electron chi connectivity index (χ3n) is 2.77. The molecule has 0 saturated heterocycles. The first kappa shape index (κ1) is 11.4. The number of fused-ring (bicyclic) bond motifs is 1. The highest BCUT2D eigenvalue weighted by molar-refractivity contribution is 5.96. The predicted octanol–water partition coefficient (Wildman–Crippen LogP) is 2.77. The highest BCUT2D eigenvalue weighted by atomic mass is 14.1. The summed E-state index contributed by atoms with van der Waals surface area (Å²) in [5, 5.41) is 1.72. The third kappa shape index (κ3) is 1.51. The zero-order valence-corrected chi connectivity index (χ0v) is 9.62. The molecule has 0 aromatic heterocycles. The second-order valence-corrected chi connectivity index (χ2v) is 3.66. The predicted molar refractivity (Wildman–Crippen MR) is 75.7 cm³/mol. The Kier molecular flexibility index (Phi) is 2.82. The van der Waals surface area contributed by atoms with E-state index < -0.39 is 0 Å². The standard InChI is InChI=1S/C18H8/c1-5-13-10-9-11-15-12-14(6-2)16(7-3)17(8-4)18(13)15/h1-4,9-12H. The molecule has 0 fully saturated rings. The van der Waals surface area contributed by atoms with E-state index in [0.717, 1.165) is 16.3 Å². The summed E-state index contributed by atoms with van der Waals surface area (Å²) in [5.41, 5.74) is 2.49. The Hall–Kier alpha value is -3.06. The normalized spacial score (nSPS) is 8.89. The van der Waals surface area contributed by atoms with Gasteiger partial charge in [-0.25, -0.2) is 0 Å². The minimum atomic E-state index is 0.551. The van der Waals surface area contributed by atoms with Gasteiger partial charge in [-0.15, -0.1) is 25.7 Å². The van der Waals surface area contributed by atoms with Crippen LogP contribution >= 0.6 is 0 Å². The fourth-order valence-electron chi connectivity index (χ4n) is 1.99. The van der Waals surface area contributed by atoms with E-state index >= 15 is 0 Å². The number of hydrogen-bond donors (Lipinski definition) is 0. The summed E-state index contributed by atoms with van der Waals surface area (Å²) in [6.45, 7) is 0. The maximum absolute atomic E-state index is 5.56. The molecule has 2 aromatic carbocycles. The number of benzene rings is 2. The highest BCUT2D eigenvalue weighted by Crippen LogP contribution is 2.27. The van der Waals surface area contributed by atoms with Crippen LogP contribution in [-0.4, -0.2) is 0 Å². The van der Waals surface area contributed by atoms with E-state index in [9.17, 15) is 0 Å². The smallest absolute Gasteiger partial charge is 0.0562 e. The van der Waals surface area contributed by atoms with Crippen molar-refractivity contribution in [1.29, 1.82) is 0 Å². The Labute approximate surface area is 107 Å². The lowest BCUT2D eigenvalue weighted by molar-refractivity contribution is 1.59. The van der Waals surface area contributed by atoms with E-state index in [4.69, 9.17) is 25.7 Å². The Bertz CT molecular complexity index is 807. The Balaban J connectivity index is 3.13. The summed E-state index contributed by atoms with van der Waals surface area (Å²) in [6.07, 6.45) is 22.0. The molecule has 0 nitrogen and oxygen atoms in total. The van der Waals surface area contributed by atoms with Gasteiger partial charge in [0.1, 0.15) is 0 Å². The average molecular weight is 224 g/mol. The van der Waals surface area contributed by atoms with Gasteiger partial charge in [0.25, 0.3) is 0 Å². The summed E-state index contributed by atoms with van der Waals surface area (Å²) in [7, 11) is 0. The van der Waals surface area contributed by atoms with Crippen LogP contribution in [0.25, 0.3) is 10.8 Å². The van der Waals surface area contributed by atoms with Crippen LogP contribution in [-0.2, 0) is 0 Å². The second kappa shape index (κ2) is 4.44. The van der Waals surface area contributed by atoms with E-state index in [-0.39, 0.29) is 0 Å². The van der Waals surface area contributed by atoms with Gasteiger partial charge in [0.05, 0.1) is 11.1 Å². The van der Waals surface area contributed by atoms with Gasteiger partial charge in [-0.2, -0.15) is 0 Å². The number of terminal acetylenes is 4. The lowest BCUT2D eigenvalue weighted by Crippen LogP contribution is -1.94. The van der Waals surface area contributed by atoms with Gasteiger partial charge in [0, 0.05) is 16.5 Å². The van der Waals surface area contributed by atoms with Gasteiger partial charge in [-0.05, 0) is 17.5 Å². The second-order valence-electron chi connectivity index (χ2n) is 3.66. The summed E-state index contributed by atoms with van der Waals surface area (Å²) in [6, 6.07) is 7.46. The lowest BCUT2D eigenvalue weighted by atomic mass is 9.92. The zero-order valence-electron chi connectivity index (χ0n) is 9.62. The van der Waals surface area contributed by atoms with Crippen LogP contribution in [0, 0.1) is 49.4 Å². The maximum Gasteiger partial charge on any atom is 0.0562 e. The zero-order chi connectivity index (χ0) is 13.1. The molecule has 18 heavy (non-hydrogen) atoms. The Morgan fingerprint density at radius 3 is 1.94 bits per heavy atom. The first-order valence-corrected chi connectivity index (χ1v) is 5.23. The van der Waals surface area contributed by atoms with Crippen molar-refractivity contribution >= 4 is 10.8 Å². The molecule has 0 aliphatic rings. The first-order chi connectivity index (χ1) is 8.76. The number of rotatable bonds is 0. The topological polar surface area (TPSA) is 0 Å². The SMILES string of the molecule is C#Cc1cc2cccc(C#C)c2c(C#C)c1C#C. The van der Waals surface area contributed by atoms with Crippen LogP contribution in [0.5, 0.6) is 0 Å². The summed E-state index contributed by atoms with van der Waals surface area (Å²) >= 11 is 0. The van der Waals surface area contributed by atoms with Crippen molar-refractivity contribution in [2.45, 2.75) is 0 Å². The monoisotopic (exact) mass is 224 g/mol. The molecule has 2 rings (SSSR count). The molecule has 2 aromatic rings. The van der Waals surface area contributed by atoms with Gasteiger partial charge in [0.2, 0.25) is 0 Å². The van der Waals surface area contributed by atoms with Crippen molar-refractivity contribution in [2.24, 2.45) is 0 Å². The minimum Gasteiger partial charge on any atom is -0.115 e. The van der Waals surface area contributed by atoms with E-state index in [2.05, 4.69) is 23.7 Å². The summed E-state index contributed by atoms with van der Waals surface area (Å²) in [5.74, 6) is 10.3. The molecule has 0 unspecified atom stereocenters. The van der Waals surface area contributed by atoms with Crippen molar-refractivity contribution in [3.05, 3.63) is 46.5 Å². The molecular formula is C18H8. The van der Waals surface area contributed by atoms with Crippen molar-refractivity contribution in [3.8, 4) is 49.4 Å². The van der Waals surface area contributed by atoms with E-state index in [1.165, 1.54) is 0 Å². The maximum atomic E-state index is 5.56. The van der Waals surface area contributed by atoms with E-state index in [1.807, 2.05) is 24.3 Å². The molecule has 0 spiro atoms. The van der Waals surface area contributed by atoms with Crippen LogP contribution in [0.4, 0.5) is 0 Å². The van der Waals surface area contributed by atoms with Gasteiger partial charge in [-0.3, -0.25) is 0 Å². The molecular weight excluding hydrogens is 216 g/mol. The van der Waals surface area contributed by atoms with Crippen LogP contribution in [0.15, 0.2) is 24.3 Å². The highest BCUT2D eigenvalue weighted by Gasteiger charge is 2.11. The molecule has 0 amide bonds. The molecule has 0 atom stereocenters. The van der Waals surface area contributed by atoms with Crippen LogP contribution in [0.3, 0.4) is 0 Å². The molecule has 0 aliphatic heterocycles. The molecule has 0 radical (unpaired) electrons. The van der Waals surface area contributed by atoms with Gasteiger partial charge < -0.3 is 0 Å². The fraction of sp³-hybridized carbons (Fsp3) is 0. The van der Waals surface area contributed by atoms with Crippen molar-refractivity contribution in [1.82, 2.24) is 0 Å². The summed E-state index contributed by atoms with van der Waals surface area (Å²) < 4.78 is 0. The molecule has 0 heteroatoms. The molecule has 0 N–H and O–H groups in total. The van der Waals surface area contributed by atoms with E-state index in [1.54, 1.807) is 0 Å². The third-order valence-corrected chi connectivity index (χ3v) is 2.77. The number of hydrogen-bond acceptors (Lipinski definition) is 0. The first-order valence-electron chi connectivity index (χ1n) is 5.23. The molecule has 0 saturated carbocycles. The molecule has 80 valence electrons. The quantitative estimate of drug-likeness (QED) is 0.604. The van der Waals surface area contributed by atoms with Crippen molar-refractivity contribution in [2.75, 3.05) is 0 Å². The lowest BCUT2D eigenvalue weighted by Gasteiger charge is -2.09. The van der Waals surface area contributed by atoms with Crippen LogP contribution < -0.4 is 0 Å². The van der Waals surface area contributed by atoms with Crippen molar-refractivity contribution < 1.29 is 0 Å². The molecule has 0 heterocycles. The average Bonchev–Trinajstić information content (AvgIpc) is 2.43. The van der Waals surface area contributed by atoms with Crippen LogP contribution in [0.2, 0.25) is 0 Å². The molecule has 0 aliphatic carbocycles. The van der Waals surface area contributed by atoms with E-state index in [0.29, 0.717) is 16.7 Å². The Morgan fingerprint density at radius 1 is 0.722 bits per heavy atom. The Morgan fingerprint density at radius 2 is 1.39 bits per heavy atom. The fourth-order valence-corrected chi connectivity index (χ4v) is 1.99. The molecule has 0 bridgehead atoms. The minimum absolute atomic E-state index is 0.551. The summed E-state index contributed by atoms with van der Waals surface area (Å²) in [4.78, 5) is 0. The van der Waals surface area contributed by atoms with Gasteiger partial charge in [0.15, 0.2) is 0 Å². The largest absolute Gasteiger partial charge is 0.115 e. The van der Waals surface area contributed by atoms with Gasteiger partial charge in [-0.1, -0.05) is 35.8 Å².